The van der Waals surface area contributed by atoms with Gasteiger partial charge in [0.15, 0.2) is 0 Å². The van der Waals surface area contributed by atoms with E-state index >= 15 is 0 Å². The minimum Gasteiger partial charge on any atom is -0.465 e. The summed E-state index contributed by atoms with van der Waals surface area (Å²) in [5, 5.41) is 10.6. The second kappa shape index (κ2) is 5.13. The highest BCUT2D eigenvalue weighted by Gasteiger charge is 2.01. The molecule has 2 aromatic rings. The topological polar surface area (TPSA) is 71.5 Å². The highest BCUT2D eigenvalue weighted by atomic mass is 19.1. The highest BCUT2D eigenvalue weighted by molar-refractivity contribution is 5.81. The number of amides is 1. The Kier molecular flexibility index (Phi) is 3.38. The lowest BCUT2D eigenvalue weighted by Gasteiger charge is -2.05. The number of hydrogen-bond donors (Lipinski definition) is 2. The quantitative estimate of drug-likeness (QED) is 0.875. The summed E-state index contributed by atoms with van der Waals surface area (Å²) in [5.41, 5.74) is 0. The lowest BCUT2D eigenvalue weighted by Crippen LogP contribution is -2.08. The Labute approximate surface area is 102 Å². The van der Waals surface area contributed by atoms with Gasteiger partial charge in [0.2, 0.25) is 0 Å². The first-order valence-corrected chi connectivity index (χ1v) is 5.03. The number of nitrogens with one attached hydrogen (secondary N) is 1. The summed E-state index contributed by atoms with van der Waals surface area (Å²) >= 11 is 0. The van der Waals surface area contributed by atoms with Gasteiger partial charge in [0, 0.05) is 0 Å². The number of hydrogen-bond acceptors (Lipinski definition) is 3. The summed E-state index contributed by atoms with van der Waals surface area (Å²) < 4.78 is 18.1. The van der Waals surface area contributed by atoms with Crippen LogP contribution in [0.25, 0.3) is 0 Å². The molecule has 0 saturated heterocycles. The van der Waals surface area contributed by atoms with Crippen molar-refractivity contribution in [3.05, 3.63) is 48.4 Å². The van der Waals surface area contributed by atoms with Gasteiger partial charge in [-0.15, -0.1) is 0 Å². The van der Waals surface area contributed by atoms with Gasteiger partial charge in [-0.05, 0) is 36.4 Å². The second-order valence-corrected chi connectivity index (χ2v) is 3.37. The molecule has 0 saturated carbocycles. The molecule has 1 aromatic heterocycles. The summed E-state index contributed by atoms with van der Waals surface area (Å²) in [5.74, 6) is 0.755. The van der Waals surface area contributed by atoms with Crippen molar-refractivity contribution in [2.45, 2.75) is 0 Å². The lowest BCUT2D eigenvalue weighted by atomic mass is 10.3. The number of aromatic nitrogens is 1. The van der Waals surface area contributed by atoms with Crippen molar-refractivity contribution in [3.63, 3.8) is 0 Å². The Morgan fingerprint density at radius 2 is 1.83 bits per heavy atom. The lowest BCUT2D eigenvalue weighted by molar-refractivity contribution is 0.209. The maximum Gasteiger partial charge on any atom is 0.410 e. The first-order chi connectivity index (χ1) is 8.63. The molecule has 0 bridgehead atoms. The van der Waals surface area contributed by atoms with Gasteiger partial charge in [0.1, 0.15) is 23.1 Å². The molecule has 2 N–H and O–H groups in total. The fraction of sp³-hybridized carbons (Fsp3) is 0. The average molecular weight is 248 g/mol. The first-order valence-electron chi connectivity index (χ1n) is 5.03. The van der Waals surface area contributed by atoms with Crippen LogP contribution in [-0.2, 0) is 0 Å². The van der Waals surface area contributed by atoms with Gasteiger partial charge >= 0.3 is 6.09 Å². The third-order valence-electron chi connectivity index (χ3n) is 2.02. The molecule has 1 amide bonds. The molecule has 0 aliphatic carbocycles. The number of anilines is 1. The molecule has 0 radical (unpaired) electrons. The third-order valence-corrected chi connectivity index (χ3v) is 2.02. The molecule has 18 heavy (non-hydrogen) atoms. The van der Waals surface area contributed by atoms with Crippen LogP contribution in [0.3, 0.4) is 0 Å². The van der Waals surface area contributed by atoms with Gasteiger partial charge in [-0.1, -0.05) is 0 Å². The Morgan fingerprint density at radius 3 is 2.39 bits per heavy atom. The number of carbonyl (C=O) groups is 1. The molecular weight excluding hydrogens is 239 g/mol. The van der Waals surface area contributed by atoms with E-state index in [9.17, 15) is 9.18 Å². The largest absolute Gasteiger partial charge is 0.465 e. The fourth-order valence-electron chi connectivity index (χ4n) is 1.26. The van der Waals surface area contributed by atoms with Crippen LogP contribution in [-0.4, -0.2) is 16.2 Å². The van der Waals surface area contributed by atoms with Crippen LogP contribution in [0.4, 0.5) is 15.0 Å². The average Bonchev–Trinajstić information content (AvgIpc) is 2.34. The van der Waals surface area contributed by atoms with Crippen molar-refractivity contribution in [1.29, 1.82) is 0 Å². The zero-order valence-electron chi connectivity index (χ0n) is 9.13. The monoisotopic (exact) mass is 248 g/mol. The van der Waals surface area contributed by atoms with Crippen molar-refractivity contribution in [2.24, 2.45) is 0 Å². The van der Waals surface area contributed by atoms with E-state index in [2.05, 4.69) is 10.3 Å². The second-order valence-electron chi connectivity index (χ2n) is 3.37. The number of benzene rings is 1. The van der Waals surface area contributed by atoms with Crippen LogP contribution in [0.5, 0.6) is 11.5 Å². The van der Waals surface area contributed by atoms with E-state index in [1.807, 2.05) is 0 Å². The van der Waals surface area contributed by atoms with Gasteiger partial charge in [-0.2, -0.15) is 0 Å². The number of ether oxygens (including phenoxy) is 1. The van der Waals surface area contributed by atoms with E-state index in [4.69, 9.17) is 9.84 Å². The maximum absolute atomic E-state index is 12.7. The van der Waals surface area contributed by atoms with Crippen LogP contribution in [0.2, 0.25) is 0 Å². The molecule has 0 atom stereocenters. The van der Waals surface area contributed by atoms with Gasteiger partial charge in [-0.25, -0.2) is 14.2 Å². The molecule has 92 valence electrons. The van der Waals surface area contributed by atoms with Crippen LogP contribution < -0.4 is 10.1 Å². The number of nitrogens with zero attached hydrogens (tertiary/aromatic N) is 1. The van der Waals surface area contributed by atoms with Crippen molar-refractivity contribution in [1.82, 2.24) is 4.98 Å². The molecule has 2 rings (SSSR count). The van der Waals surface area contributed by atoms with Crippen molar-refractivity contribution >= 4 is 11.9 Å². The van der Waals surface area contributed by atoms with Crippen LogP contribution in [0, 0.1) is 5.82 Å². The summed E-state index contributed by atoms with van der Waals surface area (Å²) in [7, 11) is 0. The first kappa shape index (κ1) is 11.8. The highest BCUT2D eigenvalue weighted by Crippen LogP contribution is 2.21. The molecule has 1 heterocycles. The summed E-state index contributed by atoms with van der Waals surface area (Å²) in [6, 6.07) is 8.55. The third kappa shape index (κ3) is 3.18. The Balaban J connectivity index is 2.06. The minimum atomic E-state index is -1.19. The molecule has 0 aliphatic heterocycles. The Morgan fingerprint density at radius 1 is 1.17 bits per heavy atom. The maximum atomic E-state index is 12.7. The number of halogens is 1. The molecule has 0 aliphatic rings. The van der Waals surface area contributed by atoms with E-state index < -0.39 is 6.09 Å². The van der Waals surface area contributed by atoms with E-state index in [0.717, 1.165) is 0 Å². The van der Waals surface area contributed by atoms with Gasteiger partial charge in [-0.3, -0.25) is 5.32 Å². The number of pyridine rings is 1. The Bertz CT molecular complexity index is 540. The number of carboxylic acid groups (broad SMARTS) is 1. The summed E-state index contributed by atoms with van der Waals surface area (Å²) in [4.78, 5) is 14.2. The Hall–Kier alpha value is -2.63. The SMILES string of the molecule is O=C(O)Nc1ccc(Oc2ccc(F)cc2)cn1. The smallest absolute Gasteiger partial charge is 0.410 e. The number of rotatable bonds is 3. The van der Waals surface area contributed by atoms with Crippen molar-refractivity contribution < 1.29 is 19.0 Å². The molecule has 0 unspecified atom stereocenters. The van der Waals surface area contributed by atoms with Crippen LogP contribution in [0.1, 0.15) is 0 Å². The van der Waals surface area contributed by atoms with Crippen molar-refractivity contribution in [3.8, 4) is 11.5 Å². The van der Waals surface area contributed by atoms with Crippen LogP contribution >= 0.6 is 0 Å². The van der Waals surface area contributed by atoms with Gasteiger partial charge < -0.3 is 9.84 Å². The van der Waals surface area contributed by atoms with Crippen LogP contribution in [0.15, 0.2) is 42.6 Å². The standard InChI is InChI=1S/C12H9FN2O3/c13-8-1-3-9(4-2-8)18-10-5-6-11(14-7-10)15-12(16)17/h1-7H,(H,14,15)(H,16,17). The van der Waals surface area contributed by atoms with E-state index in [-0.39, 0.29) is 11.6 Å². The van der Waals surface area contributed by atoms with E-state index in [0.29, 0.717) is 11.5 Å². The molecular formula is C12H9FN2O3. The van der Waals surface area contributed by atoms with E-state index in [1.54, 1.807) is 6.07 Å². The fourth-order valence-corrected chi connectivity index (χ4v) is 1.26. The summed E-state index contributed by atoms with van der Waals surface area (Å²) in [6.07, 6.45) is 0.184. The molecule has 0 spiro atoms. The molecule has 0 fully saturated rings. The zero-order valence-corrected chi connectivity index (χ0v) is 9.13. The zero-order chi connectivity index (χ0) is 13.0. The van der Waals surface area contributed by atoms with Gasteiger partial charge in [0.25, 0.3) is 0 Å². The predicted molar refractivity (Wildman–Crippen MR) is 62.4 cm³/mol. The molecule has 6 heteroatoms. The minimum absolute atomic E-state index is 0.203. The van der Waals surface area contributed by atoms with Crippen molar-refractivity contribution in [2.75, 3.05) is 5.32 Å². The predicted octanol–water partition coefficient (Wildman–Crippen LogP) is 3.10. The molecule has 5 nitrogen and oxygen atoms in total. The normalized spacial score (nSPS) is 9.83. The van der Waals surface area contributed by atoms with Gasteiger partial charge in [0.05, 0.1) is 6.20 Å². The molecule has 1 aromatic carbocycles. The van der Waals surface area contributed by atoms with E-state index in [1.165, 1.54) is 36.5 Å². The summed E-state index contributed by atoms with van der Waals surface area (Å²) in [6.45, 7) is 0.